The fourth-order valence-corrected chi connectivity index (χ4v) is 1.39. The van der Waals surface area contributed by atoms with E-state index >= 15 is 0 Å². The van der Waals surface area contributed by atoms with E-state index in [1.807, 2.05) is 6.92 Å². The Morgan fingerprint density at radius 1 is 1.64 bits per heavy atom. The summed E-state index contributed by atoms with van der Waals surface area (Å²) in [4.78, 5) is 0. The molecule has 1 unspecified atom stereocenters. The van der Waals surface area contributed by atoms with Gasteiger partial charge in [-0.3, -0.25) is 4.57 Å². The van der Waals surface area contributed by atoms with E-state index in [2.05, 4.69) is 6.58 Å². The highest BCUT2D eigenvalue weighted by Crippen LogP contribution is 2.41. The van der Waals surface area contributed by atoms with Crippen LogP contribution >= 0.6 is 7.37 Å². The number of ether oxygens (including phenoxy) is 1. The maximum absolute atomic E-state index is 11.3. The standard InChI is InChI=1S/C7H15O3P/c1-4-6-11(3,8)10-7-9-5-2/h4H,1,5-7H2,2-3H3. The highest BCUT2D eigenvalue weighted by Gasteiger charge is 2.12. The minimum atomic E-state index is -2.47. The molecule has 0 radical (unpaired) electrons. The largest absolute Gasteiger partial charge is 0.355 e. The molecule has 0 aliphatic carbocycles. The summed E-state index contributed by atoms with van der Waals surface area (Å²) in [6.07, 6.45) is 1.99. The van der Waals surface area contributed by atoms with E-state index in [0.717, 1.165) is 0 Å². The van der Waals surface area contributed by atoms with Gasteiger partial charge in [-0.15, -0.1) is 6.58 Å². The van der Waals surface area contributed by atoms with E-state index in [0.29, 0.717) is 12.8 Å². The normalized spacial score (nSPS) is 15.8. The van der Waals surface area contributed by atoms with Crippen LogP contribution in [0.1, 0.15) is 6.92 Å². The van der Waals surface area contributed by atoms with E-state index in [4.69, 9.17) is 9.26 Å². The van der Waals surface area contributed by atoms with Crippen LogP contribution in [0.4, 0.5) is 0 Å². The number of hydrogen-bond donors (Lipinski definition) is 0. The van der Waals surface area contributed by atoms with Crippen molar-refractivity contribution in [2.45, 2.75) is 6.92 Å². The van der Waals surface area contributed by atoms with Crippen LogP contribution in [-0.2, 0) is 13.8 Å². The van der Waals surface area contributed by atoms with Crippen molar-refractivity contribution in [2.75, 3.05) is 26.2 Å². The zero-order chi connectivity index (χ0) is 8.74. The van der Waals surface area contributed by atoms with Gasteiger partial charge in [0.2, 0.25) is 7.37 Å². The van der Waals surface area contributed by atoms with E-state index < -0.39 is 7.37 Å². The van der Waals surface area contributed by atoms with Gasteiger partial charge in [0, 0.05) is 19.4 Å². The summed E-state index contributed by atoms with van der Waals surface area (Å²) < 4.78 is 21.2. The molecule has 0 saturated heterocycles. The van der Waals surface area contributed by atoms with Crippen molar-refractivity contribution in [3.8, 4) is 0 Å². The Bertz CT molecular complexity index is 156. The van der Waals surface area contributed by atoms with Crippen molar-refractivity contribution < 1.29 is 13.8 Å². The Hall–Kier alpha value is -0.110. The molecular weight excluding hydrogens is 163 g/mol. The SMILES string of the molecule is C=CCP(C)(=O)OCOCC. The van der Waals surface area contributed by atoms with Gasteiger partial charge in [0.25, 0.3) is 0 Å². The summed E-state index contributed by atoms with van der Waals surface area (Å²) in [5.41, 5.74) is 0. The molecule has 0 bridgehead atoms. The zero-order valence-corrected chi connectivity index (χ0v) is 7.97. The fraction of sp³-hybridized carbons (Fsp3) is 0.714. The molecule has 0 amide bonds. The molecule has 66 valence electrons. The van der Waals surface area contributed by atoms with E-state index in [9.17, 15) is 4.57 Å². The van der Waals surface area contributed by atoms with Gasteiger partial charge in [0.15, 0.2) is 6.79 Å². The van der Waals surface area contributed by atoms with Crippen molar-refractivity contribution in [3.63, 3.8) is 0 Å². The maximum atomic E-state index is 11.3. The van der Waals surface area contributed by atoms with Crippen LogP contribution in [0.25, 0.3) is 0 Å². The summed E-state index contributed by atoms with van der Waals surface area (Å²) in [6, 6.07) is 0. The van der Waals surface area contributed by atoms with Crippen LogP contribution in [0.2, 0.25) is 0 Å². The van der Waals surface area contributed by atoms with Gasteiger partial charge in [0.05, 0.1) is 0 Å². The Morgan fingerprint density at radius 3 is 2.73 bits per heavy atom. The average Bonchev–Trinajstić information content (AvgIpc) is 1.87. The Kier molecular flexibility index (Phi) is 5.47. The molecule has 0 aromatic heterocycles. The van der Waals surface area contributed by atoms with Crippen LogP contribution in [0.15, 0.2) is 12.7 Å². The second-order valence-corrected chi connectivity index (χ2v) is 4.88. The molecule has 0 aromatic carbocycles. The summed E-state index contributed by atoms with van der Waals surface area (Å²) >= 11 is 0. The number of hydrogen-bond acceptors (Lipinski definition) is 3. The van der Waals surface area contributed by atoms with Crippen molar-refractivity contribution in [1.29, 1.82) is 0 Å². The van der Waals surface area contributed by atoms with E-state index in [1.165, 1.54) is 0 Å². The number of rotatable bonds is 6. The first-order valence-electron chi connectivity index (χ1n) is 3.52. The van der Waals surface area contributed by atoms with Gasteiger partial charge < -0.3 is 9.26 Å². The predicted octanol–water partition coefficient (Wildman–Crippen LogP) is 2.09. The molecule has 0 N–H and O–H groups in total. The van der Waals surface area contributed by atoms with Gasteiger partial charge in [-0.1, -0.05) is 6.08 Å². The molecule has 0 aliphatic heterocycles. The van der Waals surface area contributed by atoms with Crippen LogP contribution < -0.4 is 0 Å². The number of allylic oxidation sites excluding steroid dienone is 1. The quantitative estimate of drug-likeness (QED) is 0.270. The third-order valence-corrected chi connectivity index (χ3v) is 2.65. The highest BCUT2D eigenvalue weighted by atomic mass is 31.2. The molecule has 4 heteroatoms. The first-order chi connectivity index (χ1) is 5.12. The Labute approximate surface area is 67.8 Å². The second-order valence-electron chi connectivity index (χ2n) is 2.23. The molecule has 0 fully saturated rings. The van der Waals surface area contributed by atoms with Crippen LogP contribution in [-0.4, -0.2) is 26.2 Å². The molecule has 0 rings (SSSR count). The summed E-state index contributed by atoms with van der Waals surface area (Å²) in [7, 11) is -2.47. The lowest BCUT2D eigenvalue weighted by Crippen LogP contribution is -1.98. The fourth-order valence-electron chi connectivity index (χ4n) is 0.519. The third-order valence-electron chi connectivity index (χ3n) is 1.07. The maximum Gasteiger partial charge on any atom is 0.205 e. The molecule has 0 spiro atoms. The van der Waals surface area contributed by atoms with Crippen molar-refractivity contribution in [2.24, 2.45) is 0 Å². The van der Waals surface area contributed by atoms with Crippen molar-refractivity contribution >= 4 is 7.37 Å². The van der Waals surface area contributed by atoms with Crippen LogP contribution in [0, 0.1) is 0 Å². The van der Waals surface area contributed by atoms with Gasteiger partial charge in [-0.2, -0.15) is 0 Å². The molecular formula is C7H15O3P. The highest BCUT2D eigenvalue weighted by molar-refractivity contribution is 7.58. The first-order valence-corrected chi connectivity index (χ1v) is 5.78. The van der Waals surface area contributed by atoms with Crippen LogP contribution in [0.3, 0.4) is 0 Å². The monoisotopic (exact) mass is 178 g/mol. The molecule has 0 aromatic rings. The summed E-state index contributed by atoms with van der Waals surface area (Å²) in [5, 5.41) is 0. The summed E-state index contributed by atoms with van der Waals surface area (Å²) in [6.45, 7) is 7.60. The van der Waals surface area contributed by atoms with Gasteiger partial charge >= 0.3 is 0 Å². The predicted molar refractivity (Wildman–Crippen MR) is 46.2 cm³/mol. The molecule has 0 aliphatic rings. The van der Waals surface area contributed by atoms with Crippen molar-refractivity contribution in [1.82, 2.24) is 0 Å². The van der Waals surface area contributed by atoms with Gasteiger partial charge in [0.1, 0.15) is 0 Å². The third kappa shape index (κ3) is 6.29. The minimum Gasteiger partial charge on any atom is -0.355 e. The molecule has 3 nitrogen and oxygen atoms in total. The molecule has 1 atom stereocenters. The summed E-state index contributed by atoms with van der Waals surface area (Å²) in [5.74, 6) is 0. The molecule has 11 heavy (non-hydrogen) atoms. The molecule has 0 saturated carbocycles. The minimum absolute atomic E-state index is 0.109. The van der Waals surface area contributed by atoms with Crippen molar-refractivity contribution in [3.05, 3.63) is 12.7 Å². The second kappa shape index (κ2) is 5.53. The topological polar surface area (TPSA) is 35.5 Å². The first kappa shape index (κ1) is 10.9. The smallest absolute Gasteiger partial charge is 0.205 e. The lowest BCUT2D eigenvalue weighted by molar-refractivity contribution is 0.0251. The lowest BCUT2D eigenvalue weighted by Gasteiger charge is -2.10. The van der Waals surface area contributed by atoms with Gasteiger partial charge in [-0.05, 0) is 6.92 Å². The average molecular weight is 178 g/mol. The Morgan fingerprint density at radius 2 is 2.27 bits per heavy atom. The molecule has 0 heterocycles. The lowest BCUT2D eigenvalue weighted by atomic mass is 10.8. The van der Waals surface area contributed by atoms with E-state index in [-0.39, 0.29) is 6.79 Å². The Balaban J connectivity index is 3.55. The van der Waals surface area contributed by atoms with Gasteiger partial charge in [-0.25, -0.2) is 0 Å². The van der Waals surface area contributed by atoms with Crippen LogP contribution in [0.5, 0.6) is 0 Å². The zero-order valence-electron chi connectivity index (χ0n) is 7.08. The van der Waals surface area contributed by atoms with E-state index in [1.54, 1.807) is 12.7 Å².